The molecule has 0 aromatic rings. The van der Waals surface area contributed by atoms with Crippen LogP contribution in [0.4, 0.5) is 0 Å². The van der Waals surface area contributed by atoms with Gasteiger partial charge in [-0.2, -0.15) is 0 Å². The van der Waals surface area contributed by atoms with E-state index in [0.29, 0.717) is 12.3 Å². The lowest BCUT2D eigenvalue weighted by Gasteiger charge is -2.13. The van der Waals surface area contributed by atoms with Gasteiger partial charge in [0, 0.05) is 0 Å². The third kappa shape index (κ3) is 3.95. The predicted octanol–water partition coefficient (Wildman–Crippen LogP) is 0.766. The van der Waals surface area contributed by atoms with E-state index in [1.165, 1.54) is 0 Å². The Hall–Kier alpha value is -0.610. The van der Waals surface area contributed by atoms with Crippen LogP contribution >= 0.6 is 0 Å². The summed E-state index contributed by atoms with van der Waals surface area (Å²) in [6, 6.07) is 0. The van der Waals surface area contributed by atoms with Crippen LogP contribution in [0, 0.1) is 5.92 Å². The number of hydrogen-bond acceptors (Lipinski definition) is 3. The van der Waals surface area contributed by atoms with Crippen molar-refractivity contribution in [3.63, 3.8) is 0 Å². The summed E-state index contributed by atoms with van der Waals surface area (Å²) in [5.74, 6) is 4.14. The fourth-order valence-corrected chi connectivity index (χ4v) is 0.747. The second-order valence-corrected chi connectivity index (χ2v) is 2.71. The summed E-state index contributed by atoms with van der Waals surface area (Å²) in [6.07, 6.45) is 0.556. The molecule has 0 bridgehead atoms. The van der Waals surface area contributed by atoms with Crippen LogP contribution in [0.1, 0.15) is 26.7 Å². The van der Waals surface area contributed by atoms with Gasteiger partial charge < -0.3 is 5.11 Å². The van der Waals surface area contributed by atoms with E-state index >= 15 is 0 Å². The molecule has 0 fully saturated rings. The molecule has 0 heterocycles. The largest absolute Gasteiger partial charge is 0.479 e. The molecule has 0 aliphatic carbocycles. The van der Waals surface area contributed by atoms with E-state index in [9.17, 15) is 4.79 Å². The summed E-state index contributed by atoms with van der Waals surface area (Å²) < 4.78 is 0. The lowest BCUT2D eigenvalue weighted by molar-refractivity contribution is -0.151. The molecule has 0 spiro atoms. The van der Waals surface area contributed by atoms with Crippen LogP contribution in [0.3, 0.4) is 0 Å². The maximum Gasteiger partial charge on any atom is 0.334 e. The van der Waals surface area contributed by atoms with Crippen molar-refractivity contribution in [1.82, 2.24) is 0 Å². The number of aliphatic carboxylic acids is 1. The van der Waals surface area contributed by atoms with Crippen LogP contribution in [0.15, 0.2) is 0 Å². The topological polar surface area (TPSA) is 72.5 Å². The van der Waals surface area contributed by atoms with Crippen molar-refractivity contribution in [1.29, 1.82) is 0 Å². The summed E-state index contributed by atoms with van der Waals surface area (Å²) in [4.78, 5) is 14.7. The van der Waals surface area contributed by atoms with Crippen molar-refractivity contribution in [2.45, 2.75) is 32.8 Å². The zero-order valence-corrected chi connectivity index (χ0v) is 6.91. The Morgan fingerprint density at radius 3 is 2.55 bits per heavy atom. The van der Waals surface area contributed by atoms with Gasteiger partial charge in [-0.05, 0) is 12.3 Å². The third-order valence-electron chi connectivity index (χ3n) is 1.75. The number of hydrogen-bond donors (Lipinski definition) is 2. The molecule has 4 heteroatoms. The number of carboxylic acid groups (broad SMARTS) is 1. The van der Waals surface area contributed by atoms with Crippen molar-refractivity contribution in [3.05, 3.63) is 0 Å². The maximum atomic E-state index is 10.4. The van der Waals surface area contributed by atoms with Crippen LogP contribution in [-0.2, 0) is 9.63 Å². The zero-order valence-electron chi connectivity index (χ0n) is 6.91. The Morgan fingerprint density at radius 2 is 2.27 bits per heavy atom. The van der Waals surface area contributed by atoms with Crippen molar-refractivity contribution < 1.29 is 14.7 Å². The molecule has 0 radical (unpaired) electrons. The second-order valence-electron chi connectivity index (χ2n) is 2.71. The highest BCUT2D eigenvalue weighted by molar-refractivity contribution is 5.72. The Kier molecular flexibility index (Phi) is 4.81. The molecule has 3 N–H and O–H groups in total. The minimum atomic E-state index is -0.993. The summed E-state index contributed by atoms with van der Waals surface area (Å²) in [5, 5.41) is 8.51. The maximum absolute atomic E-state index is 10.4. The number of nitrogens with two attached hydrogens (primary N) is 1. The van der Waals surface area contributed by atoms with Gasteiger partial charge in [0.25, 0.3) is 0 Å². The predicted molar refractivity (Wildman–Crippen MR) is 40.8 cm³/mol. The molecule has 0 rings (SSSR count). The highest BCUT2D eigenvalue weighted by Gasteiger charge is 2.19. The van der Waals surface area contributed by atoms with E-state index in [1.54, 1.807) is 0 Å². The molecule has 0 saturated carbocycles. The second kappa shape index (κ2) is 5.09. The number of rotatable bonds is 5. The first-order valence-electron chi connectivity index (χ1n) is 3.70. The minimum Gasteiger partial charge on any atom is -0.479 e. The Morgan fingerprint density at radius 1 is 1.73 bits per heavy atom. The van der Waals surface area contributed by atoms with Gasteiger partial charge in [0.2, 0.25) is 0 Å². The van der Waals surface area contributed by atoms with E-state index in [0.717, 1.165) is 6.42 Å². The molecule has 4 nitrogen and oxygen atoms in total. The smallest absolute Gasteiger partial charge is 0.334 e. The van der Waals surface area contributed by atoms with Crippen LogP contribution < -0.4 is 5.90 Å². The molecule has 11 heavy (non-hydrogen) atoms. The van der Waals surface area contributed by atoms with Crippen LogP contribution in [0.5, 0.6) is 0 Å². The van der Waals surface area contributed by atoms with Crippen molar-refractivity contribution in [2.24, 2.45) is 11.8 Å². The standard InChI is InChI=1S/C7H15NO3/c1-3-5(2)4-6(11-8)7(9)10/h5-6H,3-4,8H2,1-2H3,(H,9,10). The molecule has 0 amide bonds. The minimum absolute atomic E-state index is 0.333. The van der Waals surface area contributed by atoms with Crippen molar-refractivity contribution >= 4 is 5.97 Å². The average molecular weight is 161 g/mol. The van der Waals surface area contributed by atoms with Crippen LogP contribution in [0.25, 0.3) is 0 Å². The highest BCUT2D eigenvalue weighted by atomic mass is 16.6. The molecule has 2 unspecified atom stereocenters. The van der Waals surface area contributed by atoms with Gasteiger partial charge in [-0.15, -0.1) is 0 Å². The van der Waals surface area contributed by atoms with E-state index in [-0.39, 0.29) is 0 Å². The summed E-state index contributed by atoms with van der Waals surface area (Å²) in [6.45, 7) is 3.97. The first kappa shape index (κ1) is 10.4. The first-order valence-corrected chi connectivity index (χ1v) is 3.70. The van der Waals surface area contributed by atoms with Gasteiger partial charge in [-0.3, -0.25) is 4.84 Å². The fourth-order valence-electron chi connectivity index (χ4n) is 0.747. The van der Waals surface area contributed by atoms with E-state index in [2.05, 4.69) is 4.84 Å². The summed E-state index contributed by atoms with van der Waals surface area (Å²) in [5.41, 5.74) is 0. The van der Waals surface area contributed by atoms with E-state index in [4.69, 9.17) is 11.0 Å². The monoisotopic (exact) mass is 161 g/mol. The number of carboxylic acids is 1. The molecule has 0 aliphatic heterocycles. The van der Waals surface area contributed by atoms with Gasteiger partial charge in [-0.25, -0.2) is 10.7 Å². The van der Waals surface area contributed by atoms with Gasteiger partial charge in [0.05, 0.1) is 0 Å². The molecule has 0 saturated heterocycles. The molecular formula is C7H15NO3. The fraction of sp³-hybridized carbons (Fsp3) is 0.857. The quantitative estimate of drug-likeness (QED) is 0.584. The number of carbonyl (C=O) groups is 1. The van der Waals surface area contributed by atoms with Gasteiger partial charge in [0.1, 0.15) is 0 Å². The van der Waals surface area contributed by atoms with E-state index in [1.807, 2.05) is 13.8 Å². The molecule has 0 aromatic carbocycles. The third-order valence-corrected chi connectivity index (χ3v) is 1.75. The van der Waals surface area contributed by atoms with Crippen LogP contribution in [-0.4, -0.2) is 17.2 Å². The zero-order chi connectivity index (χ0) is 8.85. The normalized spacial score (nSPS) is 15.9. The van der Waals surface area contributed by atoms with Crippen molar-refractivity contribution in [2.75, 3.05) is 0 Å². The molecular weight excluding hydrogens is 146 g/mol. The first-order chi connectivity index (χ1) is 5.11. The Labute approximate surface area is 66.3 Å². The lowest BCUT2D eigenvalue weighted by Crippen LogP contribution is -2.28. The Balaban J connectivity index is 3.77. The van der Waals surface area contributed by atoms with Gasteiger partial charge in [-0.1, -0.05) is 20.3 Å². The average Bonchev–Trinajstić information content (AvgIpc) is 1.99. The highest BCUT2D eigenvalue weighted by Crippen LogP contribution is 2.11. The summed E-state index contributed by atoms with van der Waals surface area (Å²) in [7, 11) is 0. The molecule has 0 aliphatic rings. The van der Waals surface area contributed by atoms with Crippen LogP contribution in [0.2, 0.25) is 0 Å². The van der Waals surface area contributed by atoms with E-state index < -0.39 is 12.1 Å². The molecule has 0 aromatic heterocycles. The lowest BCUT2D eigenvalue weighted by atomic mass is 10.0. The SMILES string of the molecule is CCC(C)CC(ON)C(=O)O. The van der Waals surface area contributed by atoms with Crippen molar-refractivity contribution in [3.8, 4) is 0 Å². The molecule has 2 atom stereocenters. The van der Waals surface area contributed by atoms with Gasteiger partial charge >= 0.3 is 5.97 Å². The summed E-state index contributed by atoms with van der Waals surface area (Å²) >= 11 is 0. The van der Waals surface area contributed by atoms with Gasteiger partial charge in [0.15, 0.2) is 6.10 Å². The Bertz CT molecular complexity index is 127. The molecule has 66 valence electrons.